The maximum absolute atomic E-state index is 6.31. The lowest BCUT2D eigenvalue weighted by molar-refractivity contribution is 0.354. The molecule has 0 aliphatic rings. The van der Waals surface area contributed by atoms with E-state index in [1.807, 2.05) is 42.5 Å². The highest BCUT2D eigenvalue weighted by atomic mass is 16.5. The van der Waals surface area contributed by atoms with E-state index in [1.165, 1.54) is 22.3 Å². The molecule has 0 aliphatic heterocycles. The van der Waals surface area contributed by atoms with Crippen LogP contribution in [0.1, 0.15) is 22.3 Å². The summed E-state index contributed by atoms with van der Waals surface area (Å²) < 4.78 is 28.0. The molecule has 0 N–H and O–H groups in total. The van der Waals surface area contributed by atoms with E-state index in [0.717, 1.165) is 48.7 Å². The number of aryl methyl sites for hydroxylation is 4. The first-order valence-electron chi connectivity index (χ1n) is 12.4. The zero-order valence-corrected chi connectivity index (χ0v) is 22.0. The maximum atomic E-state index is 6.31. The van der Waals surface area contributed by atoms with Gasteiger partial charge in [-0.15, -0.1) is 0 Å². The summed E-state index contributed by atoms with van der Waals surface area (Å²) in [6.07, 6.45) is 3.56. The minimum Gasteiger partial charge on any atom is -0.497 e. The van der Waals surface area contributed by atoms with Crippen LogP contribution in [0.4, 0.5) is 0 Å². The van der Waals surface area contributed by atoms with Crippen LogP contribution in [0, 0.1) is 0 Å². The van der Waals surface area contributed by atoms with Crippen LogP contribution in [0.15, 0.2) is 84.9 Å². The Bertz CT molecular complexity index is 1310. The van der Waals surface area contributed by atoms with Crippen molar-refractivity contribution >= 4 is 0 Å². The van der Waals surface area contributed by atoms with Crippen molar-refractivity contribution in [1.82, 2.24) is 0 Å². The molecule has 4 aromatic rings. The largest absolute Gasteiger partial charge is 0.497 e. The third kappa shape index (κ3) is 6.98. The molecular formula is C32H34O5. The number of rotatable bonds is 12. The normalized spacial score (nSPS) is 10.6. The summed E-state index contributed by atoms with van der Waals surface area (Å²) >= 11 is 0. The first-order chi connectivity index (χ1) is 18.1. The first kappa shape index (κ1) is 26.0. The number of hydrogen-bond donors (Lipinski definition) is 0. The second kappa shape index (κ2) is 12.7. The van der Waals surface area contributed by atoms with Crippen molar-refractivity contribution in [3.8, 4) is 34.5 Å². The van der Waals surface area contributed by atoms with Gasteiger partial charge in [0.2, 0.25) is 0 Å². The molecule has 0 spiro atoms. The van der Waals surface area contributed by atoms with Gasteiger partial charge in [0.1, 0.15) is 11.5 Å². The Morgan fingerprint density at radius 2 is 0.865 bits per heavy atom. The fourth-order valence-electron chi connectivity index (χ4n) is 4.29. The van der Waals surface area contributed by atoms with Crippen LogP contribution in [-0.2, 0) is 25.7 Å². The van der Waals surface area contributed by atoms with Crippen LogP contribution < -0.4 is 23.7 Å². The smallest absolute Gasteiger partial charge is 0.169 e. The summed E-state index contributed by atoms with van der Waals surface area (Å²) in [5.41, 5.74) is 4.80. The van der Waals surface area contributed by atoms with Gasteiger partial charge in [0.25, 0.3) is 0 Å². The minimum absolute atomic E-state index is 0.705. The van der Waals surface area contributed by atoms with Gasteiger partial charge in [-0.3, -0.25) is 0 Å². The van der Waals surface area contributed by atoms with E-state index in [2.05, 4.69) is 42.5 Å². The predicted molar refractivity (Wildman–Crippen MR) is 147 cm³/mol. The Labute approximate surface area is 219 Å². The predicted octanol–water partition coefficient (Wildman–Crippen LogP) is 7.08. The van der Waals surface area contributed by atoms with Crippen molar-refractivity contribution in [3.63, 3.8) is 0 Å². The lowest BCUT2D eigenvalue weighted by atomic mass is 10.0. The summed E-state index contributed by atoms with van der Waals surface area (Å²) in [4.78, 5) is 0. The van der Waals surface area contributed by atoms with Crippen molar-refractivity contribution in [3.05, 3.63) is 107 Å². The molecule has 0 saturated carbocycles. The van der Waals surface area contributed by atoms with E-state index in [-0.39, 0.29) is 0 Å². The van der Waals surface area contributed by atoms with Crippen LogP contribution in [0.25, 0.3) is 0 Å². The third-order valence-corrected chi connectivity index (χ3v) is 6.34. The Morgan fingerprint density at radius 1 is 0.405 bits per heavy atom. The number of benzene rings is 4. The molecule has 0 fully saturated rings. The Balaban J connectivity index is 1.44. The van der Waals surface area contributed by atoms with Crippen molar-refractivity contribution in [1.29, 1.82) is 0 Å². The molecule has 0 atom stereocenters. The number of methoxy groups -OCH3 is 4. The molecule has 0 aliphatic carbocycles. The number of ether oxygens (including phenoxy) is 5. The molecule has 5 heteroatoms. The van der Waals surface area contributed by atoms with E-state index in [9.17, 15) is 0 Å². The zero-order chi connectivity index (χ0) is 26.0. The third-order valence-electron chi connectivity index (χ3n) is 6.34. The molecule has 0 amide bonds. The molecule has 5 nitrogen and oxygen atoms in total. The first-order valence-corrected chi connectivity index (χ1v) is 12.4. The van der Waals surface area contributed by atoms with E-state index in [4.69, 9.17) is 23.7 Å². The summed E-state index contributed by atoms with van der Waals surface area (Å²) in [7, 11) is 6.66. The second-order valence-corrected chi connectivity index (χ2v) is 8.78. The Kier molecular flexibility index (Phi) is 8.93. The highest BCUT2D eigenvalue weighted by molar-refractivity contribution is 5.47. The minimum atomic E-state index is 0.705. The topological polar surface area (TPSA) is 46.2 Å². The Hall–Kier alpha value is -4.12. The van der Waals surface area contributed by atoms with Crippen molar-refractivity contribution in [2.24, 2.45) is 0 Å². The van der Waals surface area contributed by atoms with Gasteiger partial charge in [-0.25, -0.2) is 0 Å². The van der Waals surface area contributed by atoms with Crippen molar-refractivity contribution < 1.29 is 23.7 Å². The van der Waals surface area contributed by atoms with E-state index in [1.54, 1.807) is 28.4 Å². The van der Waals surface area contributed by atoms with Crippen LogP contribution >= 0.6 is 0 Å². The Morgan fingerprint density at radius 3 is 1.41 bits per heavy atom. The molecule has 0 radical (unpaired) electrons. The molecule has 0 unspecified atom stereocenters. The summed E-state index contributed by atoms with van der Waals surface area (Å²) in [5.74, 6) is 4.56. The fourth-order valence-corrected chi connectivity index (χ4v) is 4.29. The molecule has 0 saturated heterocycles. The highest BCUT2D eigenvalue weighted by Gasteiger charge is 2.10. The lowest BCUT2D eigenvalue weighted by Gasteiger charge is -2.14. The van der Waals surface area contributed by atoms with Crippen molar-refractivity contribution in [2.75, 3.05) is 28.4 Å². The molecule has 0 heterocycles. The maximum Gasteiger partial charge on any atom is 0.169 e. The molecule has 192 valence electrons. The highest BCUT2D eigenvalue weighted by Crippen LogP contribution is 2.34. The quantitative estimate of drug-likeness (QED) is 0.209. The van der Waals surface area contributed by atoms with Gasteiger partial charge in [0.05, 0.1) is 28.4 Å². The average molecular weight is 499 g/mol. The lowest BCUT2D eigenvalue weighted by Crippen LogP contribution is -1.97. The van der Waals surface area contributed by atoms with Gasteiger partial charge in [-0.1, -0.05) is 36.4 Å². The van der Waals surface area contributed by atoms with Gasteiger partial charge in [0.15, 0.2) is 23.0 Å². The van der Waals surface area contributed by atoms with Crippen LogP contribution in [0.3, 0.4) is 0 Å². The van der Waals surface area contributed by atoms with E-state index in [0.29, 0.717) is 11.5 Å². The molecule has 0 aromatic heterocycles. The monoisotopic (exact) mass is 498 g/mol. The molecular weight excluding hydrogens is 464 g/mol. The summed E-state index contributed by atoms with van der Waals surface area (Å²) in [6, 6.07) is 28.6. The van der Waals surface area contributed by atoms with Crippen molar-refractivity contribution in [2.45, 2.75) is 25.7 Å². The molecule has 0 bridgehead atoms. The van der Waals surface area contributed by atoms with Crippen LogP contribution in [-0.4, -0.2) is 28.4 Å². The molecule has 4 rings (SSSR count). The fraction of sp³-hybridized carbons (Fsp3) is 0.250. The molecule has 37 heavy (non-hydrogen) atoms. The second-order valence-electron chi connectivity index (χ2n) is 8.78. The summed E-state index contributed by atoms with van der Waals surface area (Å²) in [6.45, 7) is 0. The van der Waals surface area contributed by atoms with Crippen LogP contribution in [0.2, 0.25) is 0 Å². The molecule has 4 aromatic carbocycles. The summed E-state index contributed by atoms with van der Waals surface area (Å²) in [5, 5.41) is 0. The van der Waals surface area contributed by atoms with E-state index < -0.39 is 0 Å². The average Bonchev–Trinajstić information content (AvgIpc) is 2.95. The van der Waals surface area contributed by atoms with Gasteiger partial charge < -0.3 is 23.7 Å². The standard InChI is InChI=1S/C32H34O5/c1-33-27-9-5-7-23(19-27)11-12-24-8-6-10-28(20-24)37-32-22-26(16-18-30(32)35-3)14-13-25-15-17-29(34-2)31(21-25)36-4/h5-10,15-22H,11-14H2,1-4H3. The van der Waals surface area contributed by atoms with E-state index >= 15 is 0 Å². The number of hydrogen-bond acceptors (Lipinski definition) is 5. The zero-order valence-electron chi connectivity index (χ0n) is 22.0. The van der Waals surface area contributed by atoms with Crippen LogP contribution in [0.5, 0.6) is 34.5 Å². The van der Waals surface area contributed by atoms with Gasteiger partial charge in [-0.05, 0) is 96.5 Å². The van der Waals surface area contributed by atoms with Gasteiger partial charge >= 0.3 is 0 Å². The van der Waals surface area contributed by atoms with Gasteiger partial charge in [0, 0.05) is 0 Å². The SMILES string of the molecule is COc1cccc(CCc2cccc(Oc3cc(CCc4ccc(OC)c(OC)c4)ccc3OC)c2)c1. The van der Waals surface area contributed by atoms with Gasteiger partial charge in [-0.2, -0.15) is 0 Å².